The summed E-state index contributed by atoms with van der Waals surface area (Å²) in [5.74, 6) is 0.0723. The summed E-state index contributed by atoms with van der Waals surface area (Å²) in [6.45, 7) is 3.98. The fraction of sp³-hybridized carbons (Fsp3) is 0.462. The van der Waals surface area contributed by atoms with Gasteiger partial charge in [0.15, 0.2) is 0 Å². The Labute approximate surface area is 116 Å². The molecule has 0 aliphatic carbocycles. The molecule has 1 saturated heterocycles. The quantitative estimate of drug-likeness (QED) is 0.875. The van der Waals surface area contributed by atoms with Crippen LogP contribution in [0.1, 0.15) is 24.9 Å². The van der Waals surface area contributed by atoms with E-state index >= 15 is 0 Å². The molecule has 1 atom stereocenters. The minimum Gasteiger partial charge on any atom is -0.362 e. The maximum absolute atomic E-state index is 11.6. The van der Waals surface area contributed by atoms with E-state index in [1.165, 1.54) is 0 Å². The zero-order valence-electron chi connectivity index (χ0n) is 10.4. The van der Waals surface area contributed by atoms with E-state index in [1.54, 1.807) is 0 Å². The molecule has 1 fully saturated rings. The molecule has 0 aromatic heterocycles. The third kappa shape index (κ3) is 3.03. The van der Waals surface area contributed by atoms with Crippen LogP contribution in [0.25, 0.3) is 0 Å². The summed E-state index contributed by atoms with van der Waals surface area (Å²) in [4.78, 5) is 13.7. The maximum atomic E-state index is 11.6. The Morgan fingerprint density at radius 3 is 3.00 bits per heavy atom. The Morgan fingerprint density at radius 2 is 2.28 bits per heavy atom. The van der Waals surface area contributed by atoms with E-state index < -0.39 is 0 Å². The van der Waals surface area contributed by atoms with Crippen molar-refractivity contribution in [2.24, 2.45) is 5.73 Å². The van der Waals surface area contributed by atoms with Crippen LogP contribution in [0.3, 0.4) is 0 Å². The van der Waals surface area contributed by atoms with Gasteiger partial charge < -0.3 is 16.0 Å². The van der Waals surface area contributed by atoms with Crippen LogP contribution in [0.5, 0.6) is 0 Å². The first kappa shape index (κ1) is 13.4. The lowest BCUT2D eigenvalue weighted by molar-refractivity contribution is -0.119. The molecule has 1 aliphatic rings. The van der Waals surface area contributed by atoms with E-state index in [9.17, 15) is 4.79 Å². The van der Waals surface area contributed by atoms with E-state index in [1.807, 2.05) is 25.1 Å². The van der Waals surface area contributed by atoms with Crippen LogP contribution in [0, 0.1) is 0 Å². The van der Waals surface area contributed by atoms with Crippen molar-refractivity contribution in [2.75, 3.05) is 24.5 Å². The van der Waals surface area contributed by atoms with Crippen molar-refractivity contribution in [1.29, 1.82) is 0 Å². The second-order valence-corrected chi connectivity index (χ2v) is 5.53. The maximum Gasteiger partial charge on any atom is 0.239 e. The highest BCUT2D eigenvalue weighted by Gasteiger charge is 2.19. The lowest BCUT2D eigenvalue weighted by Crippen LogP contribution is -2.34. The number of nitrogens with one attached hydrogen (secondary N) is 1. The number of halogens is 1. The van der Waals surface area contributed by atoms with Gasteiger partial charge in [0, 0.05) is 29.3 Å². The molecule has 0 radical (unpaired) electrons. The summed E-state index contributed by atoms with van der Waals surface area (Å²) >= 11 is 3.48. The topological polar surface area (TPSA) is 58.4 Å². The van der Waals surface area contributed by atoms with Gasteiger partial charge in [0.05, 0.1) is 6.54 Å². The number of carbonyl (C=O) groups excluding carboxylic acids is 1. The average Bonchev–Trinajstić information content (AvgIpc) is 2.53. The molecule has 1 aliphatic heterocycles. The Morgan fingerprint density at radius 1 is 1.50 bits per heavy atom. The monoisotopic (exact) mass is 311 g/mol. The van der Waals surface area contributed by atoms with Gasteiger partial charge in [-0.05, 0) is 31.0 Å². The Kier molecular flexibility index (Phi) is 4.24. The predicted octanol–water partition coefficient (Wildman–Crippen LogP) is 1.80. The molecule has 4 nitrogen and oxygen atoms in total. The van der Waals surface area contributed by atoms with E-state index in [-0.39, 0.29) is 11.9 Å². The van der Waals surface area contributed by atoms with Crippen LogP contribution in [-0.2, 0) is 4.79 Å². The number of hydrogen-bond acceptors (Lipinski definition) is 3. The minimum absolute atomic E-state index is 0.0422. The standard InChI is InChI=1S/C13H18BrN3O/c1-9(15)11-4-3-10(14)7-12(11)17-6-2-5-16-13(18)8-17/h3-4,7,9H,2,5-6,8,15H2,1H3,(H,16,18). The largest absolute Gasteiger partial charge is 0.362 e. The molecule has 1 aromatic rings. The van der Waals surface area contributed by atoms with Crippen molar-refractivity contribution in [3.8, 4) is 0 Å². The molecular weight excluding hydrogens is 294 g/mol. The molecule has 1 unspecified atom stereocenters. The van der Waals surface area contributed by atoms with Gasteiger partial charge in [-0.1, -0.05) is 22.0 Å². The number of carbonyl (C=O) groups is 1. The number of benzene rings is 1. The highest BCUT2D eigenvalue weighted by molar-refractivity contribution is 9.10. The average molecular weight is 312 g/mol. The van der Waals surface area contributed by atoms with E-state index in [2.05, 4.69) is 26.1 Å². The second-order valence-electron chi connectivity index (χ2n) is 4.62. The lowest BCUT2D eigenvalue weighted by Gasteiger charge is -2.26. The first-order chi connectivity index (χ1) is 8.58. The molecule has 1 aromatic carbocycles. The molecule has 0 saturated carbocycles. The van der Waals surface area contributed by atoms with Gasteiger partial charge in [-0.3, -0.25) is 4.79 Å². The fourth-order valence-corrected chi connectivity index (χ4v) is 2.54. The molecule has 2 rings (SSSR count). The van der Waals surface area contributed by atoms with Crippen LogP contribution in [0.2, 0.25) is 0 Å². The number of anilines is 1. The molecule has 1 amide bonds. The van der Waals surface area contributed by atoms with Crippen molar-refractivity contribution >= 4 is 27.5 Å². The second kappa shape index (κ2) is 5.71. The zero-order valence-corrected chi connectivity index (χ0v) is 12.0. The summed E-state index contributed by atoms with van der Waals surface area (Å²) < 4.78 is 1.01. The van der Waals surface area contributed by atoms with Gasteiger partial charge in [-0.15, -0.1) is 0 Å². The molecule has 1 heterocycles. The smallest absolute Gasteiger partial charge is 0.239 e. The van der Waals surface area contributed by atoms with E-state index in [0.717, 1.165) is 35.2 Å². The van der Waals surface area contributed by atoms with Crippen LogP contribution < -0.4 is 16.0 Å². The molecule has 5 heteroatoms. The van der Waals surface area contributed by atoms with Gasteiger partial charge in [-0.2, -0.15) is 0 Å². The van der Waals surface area contributed by atoms with E-state index in [0.29, 0.717) is 6.54 Å². The van der Waals surface area contributed by atoms with E-state index in [4.69, 9.17) is 5.73 Å². The van der Waals surface area contributed by atoms with Crippen molar-refractivity contribution < 1.29 is 4.79 Å². The number of nitrogens with two attached hydrogens (primary N) is 1. The summed E-state index contributed by atoms with van der Waals surface area (Å²) in [6.07, 6.45) is 0.955. The third-order valence-corrected chi connectivity index (χ3v) is 3.58. The third-order valence-electron chi connectivity index (χ3n) is 3.09. The Bertz CT molecular complexity index is 448. The molecule has 0 spiro atoms. The fourth-order valence-electron chi connectivity index (χ4n) is 2.19. The highest BCUT2D eigenvalue weighted by atomic mass is 79.9. The number of amides is 1. The molecule has 98 valence electrons. The van der Waals surface area contributed by atoms with Gasteiger partial charge in [0.25, 0.3) is 0 Å². The predicted molar refractivity (Wildman–Crippen MR) is 76.6 cm³/mol. The van der Waals surface area contributed by atoms with Crippen molar-refractivity contribution in [1.82, 2.24) is 5.32 Å². The summed E-state index contributed by atoms with van der Waals surface area (Å²) in [7, 11) is 0. The molecular formula is C13H18BrN3O. The first-order valence-corrected chi connectivity index (χ1v) is 6.94. The molecule has 0 bridgehead atoms. The molecule has 3 N–H and O–H groups in total. The van der Waals surface area contributed by atoms with Crippen LogP contribution >= 0.6 is 15.9 Å². The van der Waals surface area contributed by atoms with Crippen molar-refractivity contribution in [2.45, 2.75) is 19.4 Å². The van der Waals surface area contributed by atoms with Crippen molar-refractivity contribution in [3.63, 3.8) is 0 Å². The highest BCUT2D eigenvalue weighted by Crippen LogP contribution is 2.29. The van der Waals surface area contributed by atoms with Gasteiger partial charge in [-0.25, -0.2) is 0 Å². The van der Waals surface area contributed by atoms with Crippen LogP contribution in [-0.4, -0.2) is 25.5 Å². The van der Waals surface area contributed by atoms with Crippen LogP contribution in [0.4, 0.5) is 5.69 Å². The van der Waals surface area contributed by atoms with Gasteiger partial charge >= 0.3 is 0 Å². The van der Waals surface area contributed by atoms with Gasteiger partial charge in [0.2, 0.25) is 5.91 Å². The SMILES string of the molecule is CC(N)c1ccc(Br)cc1N1CCCNC(=O)C1. The van der Waals surface area contributed by atoms with Crippen molar-refractivity contribution in [3.05, 3.63) is 28.2 Å². The Hall–Kier alpha value is -1.07. The van der Waals surface area contributed by atoms with Gasteiger partial charge in [0.1, 0.15) is 0 Å². The Balaban J connectivity index is 2.35. The zero-order chi connectivity index (χ0) is 13.1. The number of rotatable bonds is 2. The summed E-state index contributed by atoms with van der Waals surface area (Å²) in [5, 5.41) is 2.88. The van der Waals surface area contributed by atoms with Crippen LogP contribution in [0.15, 0.2) is 22.7 Å². The normalized spacial score (nSPS) is 18.2. The summed E-state index contributed by atoms with van der Waals surface area (Å²) in [5.41, 5.74) is 8.13. The number of hydrogen-bond donors (Lipinski definition) is 2. The minimum atomic E-state index is -0.0422. The summed E-state index contributed by atoms with van der Waals surface area (Å²) in [6, 6.07) is 6.00. The number of nitrogens with zero attached hydrogens (tertiary/aromatic N) is 1. The first-order valence-electron chi connectivity index (χ1n) is 6.14. The molecule has 18 heavy (non-hydrogen) atoms. The lowest BCUT2D eigenvalue weighted by atomic mass is 10.1.